The standard InChI is InChI=1S/C16H21F3N2OS/c1-2-20-11-12-7-9-21(10-8-12)15(22)13-3-5-14(6-4-13)23-16(17,18)19/h3-6,12,20H,2,7-11H2,1H3. The fourth-order valence-electron chi connectivity index (χ4n) is 2.67. The van der Waals surface area contributed by atoms with E-state index in [2.05, 4.69) is 12.2 Å². The molecule has 1 N–H and O–H groups in total. The molecule has 1 saturated heterocycles. The van der Waals surface area contributed by atoms with E-state index in [-0.39, 0.29) is 22.6 Å². The summed E-state index contributed by atoms with van der Waals surface area (Å²) in [5.74, 6) is 0.486. The molecule has 0 saturated carbocycles. The van der Waals surface area contributed by atoms with Gasteiger partial charge >= 0.3 is 5.51 Å². The number of piperidine rings is 1. The van der Waals surface area contributed by atoms with Crippen LogP contribution in [0.2, 0.25) is 0 Å². The molecule has 1 heterocycles. The molecule has 0 spiro atoms. The number of likely N-dealkylation sites (tertiary alicyclic amines) is 1. The zero-order chi connectivity index (χ0) is 16.9. The Morgan fingerprint density at radius 3 is 2.39 bits per heavy atom. The first-order chi connectivity index (χ1) is 10.9. The van der Waals surface area contributed by atoms with Gasteiger partial charge in [0.2, 0.25) is 0 Å². The van der Waals surface area contributed by atoms with Gasteiger partial charge in [0, 0.05) is 23.5 Å². The highest BCUT2D eigenvalue weighted by molar-refractivity contribution is 8.00. The Morgan fingerprint density at radius 2 is 1.87 bits per heavy atom. The molecule has 1 aliphatic heterocycles. The molecule has 1 aromatic carbocycles. The van der Waals surface area contributed by atoms with Crippen molar-refractivity contribution in [2.45, 2.75) is 30.2 Å². The largest absolute Gasteiger partial charge is 0.446 e. The third kappa shape index (κ3) is 5.73. The van der Waals surface area contributed by atoms with Gasteiger partial charge in [0.05, 0.1) is 0 Å². The van der Waals surface area contributed by atoms with E-state index in [1.165, 1.54) is 24.3 Å². The van der Waals surface area contributed by atoms with E-state index < -0.39 is 5.51 Å². The zero-order valence-electron chi connectivity index (χ0n) is 13.0. The number of carbonyl (C=O) groups excluding carboxylic acids is 1. The lowest BCUT2D eigenvalue weighted by Gasteiger charge is -2.32. The number of halogens is 3. The normalized spacial score (nSPS) is 16.6. The molecule has 23 heavy (non-hydrogen) atoms. The molecule has 7 heteroatoms. The predicted molar refractivity (Wildman–Crippen MR) is 85.5 cm³/mol. The first-order valence-corrected chi connectivity index (χ1v) is 8.56. The molecular weight excluding hydrogens is 325 g/mol. The third-order valence-electron chi connectivity index (χ3n) is 3.92. The number of thioether (sulfide) groups is 1. The second-order valence-corrected chi connectivity index (χ2v) is 6.75. The van der Waals surface area contributed by atoms with Gasteiger partial charge in [0.15, 0.2) is 0 Å². The summed E-state index contributed by atoms with van der Waals surface area (Å²) in [5, 5.41) is 3.32. The molecule has 1 amide bonds. The van der Waals surface area contributed by atoms with Crippen molar-refractivity contribution < 1.29 is 18.0 Å². The van der Waals surface area contributed by atoms with Crippen molar-refractivity contribution in [3.05, 3.63) is 29.8 Å². The molecule has 3 nitrogen and oxygen atoms in total. The molecule has 1 aliphatic rings. The molecule has 0 unspecified atom stereocenters. The summed E-state index contributed by atoms with van der Waals surface area (Å²) in [6.45, 7) is 5.39. The Morgan fingerprint density at radius 1 is 1.26 bits per heavy atom. The maximum Gasteiger partial charge on any atom is 0.446 e. The van der Waals surface area contributed by atoms with Gasteiger partial charge in [-0.2, -0.15) is 13.2 Å². The first-order valence-electron chi connectivity index (χ1n) is 7.75. The van der Waals surface area contributed by atoms with Crippen LogP contribution >= 0.6 is 11.8 Å². The molecule has 0 bridgehead atoms. The summed E-state index contributed by atoms with van der Waals surface area (Å²) in [7, 11) is 0. The number of rotatable bonds is 5. The number of alkyl halides is 3. The van der Waals surface area contributed by atoms with Gasteiger partial charge in [-0.3, -0.25) is 4.79 Å². The summed E-state index contributed by atoms with van der Waals surface area (Å²) in [6, 6.07) is 5.65. The molecule has 0 radical (unpaired) electrons. The number of nitrogens with one attached hydrogen (secondary N) is 1. The van der Waals surface area contributed by atoms with Crippen molar-refractivity contribution in [2.24, 2.45) is 5.92 Å². The Kier molecular flexibility index (Phi) is 6.35. The third-order valence-corrected chi connectivity index (χ3v) is 4.66. The Labute approximate surface area is 138 Å². The van der Waals surface area contributed by atoms with Crippen molar-refractivity contribution in [1.29, 1.82) is 0 Å². The Balaban J connectivity index is 1.89. The van der Waals surface area contributed by atoms with Gasteiger partial charge in [0.25, 0.3) is 5.91 Å². The summed E-state index contributed by atoms with van der Waals surface area (Å²) in [5.41, 5.74) is -3.86. The number of hydrogen-bond donors (Lipinski definition) is 1. The maximum absolute atomic E-state index is 12.4. The monoisotopic (exact) mass is 346 g/mol. The van der Waals surface area contributed by atoms with Crippen LogP contribution in [-0.4, -0.2) is 42.5 Å². The van der Waals surface area contributed by atoms with Crippen LogP contribution < -0.4 is 5.32 Å². The van der Waals surface area contributed by atoms with Gasteiger partial charge in [-0.05, 0) is 67.9 Å². The van der Waals surface area contributed by atoms with Crippen LogP contribution in [0.4, 0.5) is 13.2 Å². The second-order valence-electron chi connectivity index (χ2n) is 5.62. The van der Waals surface area contributed by atoms with Crippen molar-refractivity contribution in [2.75, 3.05) is 26.2 Å². The van der Waals surface area contributed by atoms with Crippen LogP contribution in [0.3, 0.4) is 0 Å². The molecule has 128 valence electrons. The maximum atomic E-state index is 12.4. The average molecular weight is 346 g/mol. The van der Waals surface area contributed by atoms with Crippen molar-refractivity contribution in [1.82, 2.24) is 10.2 Å². The zero-order valence-corrected chi connectivity index (χ0v) is 13.8. The molecule has 1 fully saturated rings. The average Bonchev–Trinajstić information content (AvgIpc) is 2.52. The van der Waals surface area contributed by atoms with E-state index >= 15 is 0 Å². The lowest BCUT2D eigenvalue weighted by molar-refractivity contribution is -0.0328. The summed E-state index contributed by atoms with van der Waals surface area (Å²) in [4.78, 5) is 14.3. The van der Waals surface area contributed by atoms with Gasteiger partial charge in [-0.15, -0.1) is 0 Å². The fraction of sp³-hybridized carbons (Fsp3) is 0.562. The molecular formula is C16H21F3N2OS. The fourth-order valence-corrected chi connectivity index (χ4v) is 3.21. The molecule has 1 aromatic rings. The summed E-state index contributed by atoms with van der Waals surface area (Å²) in [6.07, 6.45) is 1.92. The highest BCUT2D eigenvalue weighted by atomic mass is 32.2. The molecule has 0 atom stereocenters. The smallest absolute Gasteiger partial charge is 0.339 e. The van der Waals surface area contributed by atoms with Crippen molar-refractivity contribution >= 4 is 17.7 Å². The van der Waals surface area contributed by atoms with E-state index in [1.807, 2.05) is 0 Å². The van der Waals surface area contributed by atoms with Gasteiger partial charge in [-0.25, -0.2) is 0 Å². The highest BCUT2D eigenvalue weighted by Crippen LogP contribution is 2.36. The number of amides is 1. The van der Waals surface area contributed by atoms with E-state index in [9.17, 15) is 18.0 Å². The summed E-state index contributed by atoms with van der Waals surface area (Å²) < 4.78 is 36.9. The number of carbonyl (C=O) groups is 1. The van der Waals surface area contributed by atoms with E-state index in [0.29, 0.717) is 24.6 Å². The van der Waals surface area contributed by atoms with Crippen molar-refractivity contribution in [3.8, 4) is 0 Å². The topological polar surface area (TPSA) is 32.3 Å². The van der Waals surface area contributed by atoms with Gasteiger partial charge in [-0.1, -0.05) is 6.92 Å². The number of nitrogens with zero attached hydrogens (tertiary/aromatic N) is 1. The predicted octanol–water partition coefficient (Wildman–Crippen LogP) is 3.76. The van der Waals surface area contributed by atoms with Crippen LogP contribution in [-0.2, 0) is 0 Å². The second kappa shape index (κ2) is 8.06. The molecule has 0 aliphatic carbocycles. The minimum atomic E-state index is -4.31. The van der Waals surface area contributed by atoms with E-state index in [4.69, 9.17) is 0 Å². The van der Waals surface area contributed by atoms with Crippen LogP contribution in [0.25, 0.3) is 0 Å². The number of hydrogen-bond acceptors (Lipinski definition) is 3. The van der Waals surface area contributed by atoms with E-state index in [1.54, 1.807) is 4.90 Å². The lowest BCUT2D eigenvalue weighted by atomic mass is 9.96. The van der Waals surface area contributed by atoms with Crippen LogP contribution in [0.1, 0.15) is 30.1 Å². The quantitative estimate of drug-likeness (QED) is 0.824. The van der Waals surface area contributed by atoms with E-state index in [0.717, 1.165) is 25.9 Å². The first kappa shape index (κ1) is 18.1. The molecule has 0 aromatic heterocycles. The molecule has 2 rings (SSSR count). The Hall–Kier alpha value is -1.21. The number of benzene rings is 1. The van der Waals surface area contributed by atoms with Gasteiger partial charge < -0.3 is 10.2 Å². The van der Waals surface area contributed by atoms with Crippen LogP contribution in [0.15, 0.2) is 29.2 Å². The summed E-state index contributed by atoms with van der Waals surface area (Å²) >= 11 is -0.167. The van der Waals surface area contributed by atoms with Crippen LogP contribution in [0.5, 0.6) is 0 Å². The van der Waals surface area contributed by atoms with Crippen LogP contribution in [0, 0.1) is 5.92 Å². The minimum absolute atomic E-state index is 0.0957. The Bertz CT molecular complexity index is 511. The van der Waals surface area contributed by atoms with Gasteiger partial charge in [0.1, 0.15) is 0 Å². The minimum Gasteiger partial charge on any atom is -0.339 e. The SMILES string of the molecule is CCNCC1CCN(C(=O)c2ccc(SC(F)(F)F)cc2)CC1. The van der Waals surface area contributed by atoms with Crippen molar-refractivity contribution in [3.63, 3.8) is 0 Å². The highest BCUT2D eigenvalue weighted by Gasteiger charge is 2.29. The lowest BCUT2D eigenvalue weighted by Crippen LogP contribution is -2.40.